The fourth-order valence-electron chi connectivity index (χ4n) is 4.03. The highest BCUT2D eigenvalue weighted by Gasteiger charge is 2.48. The second-order valence-electron chi connectivity index (χ2n) is 7.91. The van der Waals surface area contributed by atoms with E-state index in [4.69, 9.17) is 22.3 Å². The number of nitrogens with zero attached hydrogens (tertiary/aromatic N) is 4. The van der Waals surface area contributed by atoms with Crippen molar-refractivity contribution in [2.45, 2.75) is 37.1 Å². The molecule has 1 saturated carbocycles. The molecule has 144 valence electrons. The molecular formula is C21H22ClN5O. The summed E-state index contributed by atoms with van der Waals surface area (Å²) < 4.78 is 1.95. The van der Waals surface area contributed by atoms with Gasteiger partial charge in [-0.05, 0) is 49.9 Å². The molecule has 3 aromatic heterocycles. The van der Waals surface area contributed by atoms with E-state index in [1.165, 1.54) is 0 Å². The topological polar surface area (TPSA) is 76.5 Å². The highest BCUT2D eigenvalue weighted by atomic mass is 35.5. The third-order valence-corrected chi connectivity index (χ3v) is 6.07. The lowest BCUT2D eigenvalue weighted by atomic mass is 9.93. The van der Waals surface area contributed by atoms with E-state index in [-0.39, 0.29) is 11.8 Å². The molecule has 0 aromatic carbocycles. The molecule has 0 spiro atoms. The number of fused-ring (bicyclic) bond motifs is 1. The monoisotopic (exact) mass is 395 g/mol. The lowest BCUT2D eigenvalue weighted by Gasteiger charge is -2.34. The van der Waals surface area contributed by atoms with Crippen LogP contribution in [-0.4, -0.2) is 43.8 Å². The van der Waals surface area contributed by atoms with Crippen LogP contribution in [0.2, 0.25) is 5.02 Å². The molecule has 1 atom stereocenters. The maximum absolute atomic E-state index is 12.6. The van der Waals surface area contributed by atoms with Crippen LogP contribution >= 0.6 is 11.6 Å². The Kier molecular flexibility index (Phi) is 4.14. The van der Waals surface area contributed by atoms with Gasteiger partial charge in [0.1, 0.15) is 5.65 Å². The number of imidazole rings is 1. The zero-order valence-corrected chi connectivity index (χ0v) is 16.3. The number of piperidine rings is 1. The van der Waals surface area contributed by atoms with E-state index in [0.717, 1.165) is 55.0 Å². The summed E-state index contributed by atoms with van der Waals surface area (Å²) in [6, 6.07) is 9.77. The molecule has 0 radical (unpaired) electrons. The summed E-state index contributed by atoms with van der Waals surface area (Å²) >= 11 is 6.16. The molecule has 0 unspecified atom stereocenters. The predicted molar refractivity (Wildman–Crippen MR) is 108 cm³/mol. The molecule has 3 aromatic rings. The maximum Gasteiger partial charge on any atom is 0.242 e. The molecular weight excluding hydrogens is 374 g/mol. The van der Waals surface area contributed by atoms with Crippen molar-refractivity contribution >= 4 is 23.2 Å². The Labute approximate surface area is 168 Å². The lowest BCUT2D eigenvalue weighted by Crippen LogP contribution is -2.49. The van der Waals surface area contributed by atoms with E-state index in [1.807, 2.05) is 52.0 Å². The first-order valence-corrected chi connectivity index (χ1v) is 10.1. The number of carbonyl (C=O) groups is 1. The van der Waals surface area contributed by atoms with Gasteiger partial charge < -0.3 is 10.6 Å². The van der Waals surface area contributed by atoms with Gasteiger partial charge in [-0.25, -0.2) is 4.98 Å². The molecule has 28 heavy (non-hydrogen) atoms. The number of hydrogen-bond acceptors (Lipinski definition) is 4. The van der Waals surface area contributed by atoms with Gasteiger partial charge in [-0.15, -0.1) is 0 Å². The molecule has 5 rings (SSSR count). The van der Waals surface area contributed by atoms with Gasteiger partial charge in [0.15, 0.2) is 0 Å². The van der Waals surface area contributed by atoms with Crippen molar-refractivity contribution in [3.05, 3.63) is 53.4 Å². The standard InChI is InChI=1S/C21H22ClN5O/c22-15-6-7-19-24-11-18(27(19)13-15)17-5-1-4-16(25-17)14-3-2-10-26(12-14)20(28)21(23)8-9-21/h1,4-7,11,13-14H,2-3,8-10,12,23H2/t14-/m1/s1. The fraction of sp³-hybridized carbons (Fsp3) is 0.381. The summed E-state index contributed by atoms with van der Waals surface area (Å²) in [5.41, 5.74) is 9.13. The van der Waals surface area contributed by atoms with Gasteiger partial charge >= 0.3 is 0 Å². The van der Waals surface area contributed by atoms with Crippen molar-refractivity contribution in [1.82, 2.24) is 19.3 Å². The molecule has 1 aliphatic heterocycles. The Morgan fingerprint density at radius 2 is 2.11 bits per heavy atom. The van der Waals surface area contributed by atoms with Crippen LogP contribution in [0.5, 0.6) is 0 Å². The van der Waals surface area contributed by atoms with Crippen molar-refractivity contribution < 1.29 is 4.79 Å². The minimum atomic E-state index is -0.604. The molecule has 6 nitrogen and oxygen atoms in total. The van der Waals surface area contributed by atoms with Crippen molar-refractivity contribution in [1.29, 1.82) is 0 Å². The van der Waals surface area contributed by atoms with Crippen LogP contribution in [0.25, 0.3) is 17.0 Å². The number of likely N-dealkylation sites (tertiary alicyclic amines) is 1. The van der Waals surface area contributed by atoms with Gasteiger partial charge in [-0.3, -0.25) is 14.2 Å². The minimum absolute atomic E-state index is 0.102. The predicted octanol–water partition coefficient (Wildman–Crippen LogP) is 3.25. The summed E-state index contributed by atoms with van der Waals surface area (Å²) in [7, 11) is 0. The van der Waals surface area contributed by atoms with Gasteiger partial charge in [0.05, 0.1) is 28.1 Å². The molecule has 2 aliphatic rings. The smallest absolute Gasteiger partial charge is 0.242 e. The Hall–Kier alpha value is -2.44. The zero-order valence-electron chi connectivity index (χ0n) is 15.5. The third kappa shape index (κ3) is 3.06. The molecule has 4 heterocycles. The average Bonchev–Trinajstić information content (AvgIpc) is 3.34. The molecule has 0 bridgehead atoms. The normalized spacial score (nSPS) is 21.1. The molecule has 1 aliphatic carbocycles. The molecule has 2 fully saturated rings. The van der Waals surface area contributed by atoms with Gasteiger partial charge in [0.2, 0.25) is 5.91 Å². The largest absolute Gasteiger partial charge is 0.340 e. The summed E-state index contributed by atoms with van der Waals surface area (Å²) in [4.78, 5) is 23.9. The maximum atomic E-state index is 12.6. The second kappa shape index (κ2) is 6.57. The number of hydrogen-bond donors (Lipinski definition) is 1. The van der Waals surface area contributed by atoms with E-state index in [2.05, 4.69) is 4.98 Å². The number of aromatic nitrogens is 3. The van der Waals surface area contributed by atoms with E-state index < -0.39 is 5.54 Å². The molecule has 7 heteroatoms. The number of carbonyl (C=O) groups excluding carboxylic acids is 1. The van der Waals surface area contributed by atoms with Crippen LogP contribution in [0.3, 0.4) is 0 Å². The Bertz CT molecular complexity index is 1060. The molecule has 2 N–H and O–H groups in total. The van der Waals surface area contributed by atoms with Crippen LogP contribution in [-0.2, 0) is 4.79 Å². The van der Waals surface area contributed by atoms with Crippen molar-refractivity contribution in [3.63, 3.8) is 0 Å². The minimum Gasteiger partial charge on any atom is -0.340 e. The van der Waals surface area contributed by atoms with Crippen molar-refractivity contribution in [3.8, 4) is 11.4 Å². The lowest BCUT2D eigenvalue weighted by molar-refractivity contribution is -0.134. The first-order chi connectivity index (χ1) is 13.5. The number of halogens is 1. The summed E-state index contributed by atoms with van der Waals surface area (Å²) in [5, 5.41) is 0.653. The van der Waals surface area contributed by atoms with Gasteiger partial charge in [0.25, 0.3) is 0 Å². The highest BCUT2D eigenvalue weighted by Crippen LogP contribution is 2.36. The third-order valence-electron chi connectivity index (χ3n) is 5.84. The van der Waals surface area contributed by atoms with E-state index in [0.29, 0.717) is 11.6 Å². The van der Waals surface area contributed by atoms with Crippen LogP contribution in [0.15, 0.2) is 42.7 Å². The Morgan fingerprint density at radius 1 is 1.25 bits per heavy atom. The SMILES string of the molecule is NC1(C(=O)N2CCC[C@@H](c3cccc(-c4cnc5ccc(Cl)cn45)n3)C2)CC1. The molecule has 1 saturated heterocycles. The van der Waals surface area contributed by atoms with E-state index >= 15 is 0 Å². The Balaban J connectivity index is 1.43. The van der Waals surface area contributed by atoms with Gasteiger partial charge in [-0.1, -0.05) is 17.7 Å². The highest BCUT2D eigenvalue weighted by molar-refractivity contribution is 6.30. The number of pyridine rings is 2. The zero-order chi connectivity index (χ0) is 19.3. The summed E-state index contributed by atoms with van der Waals surface area (Å²) in [6.07, 6.45) is 7.28. The Morgan fingerprint density at radius 3 is 2.93 bits per heavy atom. The van der Waals surface area contributed by atoms with Crippen LogP contribution in [0.1, 0.15) is 37.3 Å². The first kappa shape index (κ1) is 17.6. The van der Waals surface area contributed by atoms with E-state index in [9.17, 15) is 4.79 Å². The van der Waals surface area contributed by atoms with Gasteiger partial charge in [-0.2, -0.15) is 0 Å². The average molecular weight is 396 g/mol. The second-order valence-corrected chi connectivity index (χ2v) is 8.35. The number of amides is 1. The van der Waals surface area contributed by atoms with Gasteiger partial charge in [0, 0.05) is 30.9 Å². The number of nitrogens with two attached hydrogens (primary N) is 1. The molecule has 1 amide bonds. The summed E-state index contributed by atoms with van der Waals surface area (Å²) in [6.45, 7) is 1.48. The van der Waals surface area contributed by atoms with Crippen molar-refractivity contribution in [2.75, 3.05) is 13.1 Å². The van der Waals surface area contributed by atoms with Crippen molar-refractivity contribution in [2.24, 2.45) is 5.73 Å². The first-order valence-electron chi connectivity index (χ1n) is 9.72. The van der Waals surface area contributed by atoms with Crippen LogP contribution in [0.4, 0.5) is 0 Å². The number of rotatable bonds is 3. The van der Waals surface area contributed by atoms with Crippen LogP contribution < -0.4 is 5.73 Å². The van der Waals surface area contributed by atoms with E-state index in [1.54, 1.807) is 0 Å². The van der Waals surface area contributed by atoms with Crippen LogP contribution in [0, 0.1) is 0 Å². The summed E-state index contributed by atoms with van der Waals surface area (Å²) in [5.74, 6) is 0.326. The fourth-order valence-corrected chi connectivity index (χ4v) is 4.19. The quantitative estimate of drug-likeness (QED) is 0.738.